The van der Waals surface area contributed by atoms with Crippen LogP contribution in [-0.2, 0) is 9.84 Å². The second-order valence-electron chi connectivity index (χ2n) is 6.34. The minimum Gasteiger partial charge on any atom is -0.264 e. The van der Waals surface area contributed by atoms with Crippen molar-refractivity contribution in [2.75, 3.05) is 6.26 Å². The number of hydrogen-bond acceptors (Lipinski definition) is 4. The van der Waals surface area contributed by atoms with Gasteiger partial charge in [-0.15, -0.1) is 0 Å². The maximum Gasteiger partial charge on any atom is 0.175 e. The van der Waals surface area contributed by atoms with Gasteiger partial charge < -0.3 is 0 Å². The Bertz CT molecular complexity index is 1220. The molecule has 0 aliphatic rings. The summed E-state index contributed by atoms with van der Waals surface area (Å²) in [4.78, 5) is 4.43. The SMILES string of the molecule is CS(=O)(=O)c1ccc(-n2nc(-c3cccnc3)cc2-c2ccc(Cl)cc2)cc1. The summed E-state index contributed by atoms with van der Waals surface area (Å²) in [5.74, 6) is 0. The second kappa shape index (κ2) is 7.22. The number of aromatic nitrogens is 3. The van der Waals surface area contributed by atoms with E-state index in [9.17, 15) is 8.42 Å². The summed E-state index contributed by atoms with van der Waals surface area (Å²) < 4.78 is 25.3. The van der Waals surface area contributed by atoms with Gasteiger partial charge in [-0.2, -0.15) is 5.10 Å². The second-order valence-corrected chi connectivity index (χ2v) is 8.79. The molecule has 7 heteroatoms. The van der Waals surface area contributed by atoms with E-state index in [0.29, 0.717) is 5.02 Å². The van der Waals surface area contributed by atoms with E-state index in [-0.39, 0.29) is 4.90 Å². The standard InChI is InChI=1S/C21H16ClN3O2S/c1-28(26,27)19-10-8-18(9-11-19)25-21(15-4-6-17(22)7-5-15)13-20(24-25)16-3-2-12-23-14-16/h2-14H,1H3. The summed E-state index contributed by atoms with van der Waals surface area (Å²) >= 11 is 6.03. The summed E-state index contributed by atoms with van der Waals surface area (Å²) in [6.07, 6.45) is 4.66. The summed E-state index contributed by atoms with van der Waals surface area (Å²) in [6, 6.07) is 19.9. The number of pyridine rings is 1. The van der Waals surface area contributed by atoms with Crippen molar-refractivity contribution >= 4 is 21.4 Å². The van der Waals surface area contributed by atoms with Gasteiger partial charge in [0.1, 0.15) is 0 Å². The van der Waals surface area contributed by atoms with Crippen LogP contribution in [0.1, 0.15) is 0 Å². The third-order valence-corrected chi connectivity index (χ3v) is 5.70. The maximum atomic E-state index is 11.7. The Hall–Kier alpha value is -2.96. The summed E-state index contributed by atoms with van der Waals surface area (Å²) in [6.45, 7) is 0. The van der Waals surface area contributed by atoms with Crippen molar-refractivity contribution in [1.29, 1.82) is 0 Å². The third-order valence-electron chi connectivity index (χ3n) is 4.32. The first-order valence-corrected chi connectivity index (χ1v) is 10.8. The van der Waals surface area contributed by atoms with Crippen molar-refractivity contribution in [2.45, 2.75) is 4.90 Å². The van der Waals surface area contributed by atoms with Gasteiger partial charge >= 0.3 is 0 Å². The Labute approximate surface area is 168 Å². The van der Waals surface area contributed by atoms with Gasteiger partial charge in [-0.3, -0.25) is 4.98 Å². The molecule has 0 saturated carbocycles. The predicted molar refractivity (Wildman–Crippen MR) is 110 cm³/mol. The van der Waals surface area contributed by atoms with Crippen molar-refractivity contribution in [3.63, 3.8) is 0 Å². The zero-order chi connectivity index (χ0) is 19.7. The molecular weight excluding hydrogens is 394 g/mol. The first-order valence-electron chi connectivity index (χ1n) is 8.49. The highest BCUT2D eigenvalue weighted by molar-refractivity contribution is 7.90. The van der Waals surface area contributed by atoms with Crippen LogP contribution in [0.2, 0.25) is 5.02 Å². The minimum absolute atomic E-state index is 0.268. The van der Waals surface area contributed by atoms with Crippen molar-refractivity contribution in [1.82, 2.24) is 14.8 Å². The predicted octanol–water partition coefficient (Wildman–Crippen LogP) is 4.66. The van der Waals surface area contributed by atoms with Crippen LogP contribution >= 0.6 is 11.6 Å². The smallest absolute Gasteiger partial charge is 0.175 e. The van der Waals surface area contributed by atoms with Gasteiger partial charge in [0.2, 0.25) is 0 Å². The fourth-order valence-electron chi connectivity index (χ4n) is 2.89. The fourth-order valence-corrected chi connectivity index (χ4v) is 3.65. The minimum atomic E-state index is -3.26. The highest BCUT2D eigenvalue weighted by atomic mass is 35.5. The molecule has 0 saturated heterocycles. The zero-order valence-electron chi connectivity index (χ0n) is 14.9. The summed E-state index contributed by atoms with van der Waals surface area (Å²) in [5, 5.41) is 5.39. The Kier molecular flexibility index (Phi) is 4.75. The molecule has 2 aromatic heterocycles. The molecule has 0 amide bonds. The molecular formula is C21H16ClN3O2S. The first kappa shape index (κ1) is 18.4. The Morgan fingerprint density at radius 3 is 2.25 bits per heavy atom. The quantitative estimate of drug-likeness (QED) is 0.491. The average molecular weight is 410 g/mol. The van der Waals surface area contributed by atoms with Gasteiger partial charge in [0.15, 0.2) is 9.84 Å². The number of nitrogens with zero attached hydrogens (tertiary/aromatic N) is 3. The lowest BCUT2D eigenvalue weighted by Gasteiger charge is -2.08. The van der Waals surface area contributed by atoms with E-state index in [0.717, 1.165) is 28.2 Å². The van der Waals surface area contributed by atoms with Crippen molar-refractivity contribution in [3.8, 4) is 28.2 Å². The number of halogens is 1. The first-order chi connectivity index (χ1) is 13.4. The number of rotatable bonds is 4. The van der Waals surface area contributed by atoms with E-state index in [4.69, 9.17) is 16.7 Å². The molecule has 0 N–H and O–H groups in total. The van der Waals surface area contributed by atoms with Gasteiger partial charge in [0.25, 0.3) is 0 Å². The van der Waals surface area contributed by atoms with Crippen LogP contribution in [-0.4, -0.2) is 29.4 Å². The molecule has 28 heavy (non-hydrogen) atoms. The Morgan fingerprint density at radius 2 is 1.64 bits per heavy atom. The van der Waals surface area contributed by atoms with Crippen LogP contribution in [0.15, 0.2) is 84.0 Å². The molecule has 0 aliphatic carbocycles. The van der Waals surface area contributed by atoms with Crippen LogP contribution < -0.4 is 0 Å². The largest absolute Gasteiger partial charge is 0.264 e. The molecule has 0 aliphatic heterocycles. The van der Waals surface area contributed by atoms with Crippen LogP contribution in [0, 0.1) is 0 Å². The van der Waals surface area contributed by atoms with Gasteiger partial charge in [-0.1, -0.05) is 23.7 Å². The molecule has 4 rings (SSSR count). The molecule has 2 aromatic carbocycles. The highest BCUT2D eigenvalue weighted by Crippen LogP contribution is 2.29. The van der Waals surface area contributed by atoms with Gasteiger partial charge in [0, 0.05) is 34.8 Å². The van der Waals surface area contributed by atoms with Crippen molar-refractivity contribution in [3.05, 3.63) is 84.1 Å². The van der Waals surface area contributed by atoms with E-state index in [1.807, 2.05) is 42.5 Å². The van der Waals surface area contributed by atoms with E-state index in [2.05, 4.69) is 4.98 Å². The molecule has 5 nitrogen and oxygen atoms in total. The molecule has 0 fully saturated rings. The van der Waals surface area contributed by atoms with E-state index in [1.54, 1.807) is 41.3 Å². The molecule has 2 heterocycles. The van der Waals surface area contributed by atoms with Crippen molar-refractivity contribution < 1.29 is 8.42 Å². The summed E-state index contributed by atoms with van der Waals surface area (Å²) in [7, 11) is -3.26. The van der Waals surface area contributed by atoms with Gasteiger partial charge in [0.05, 0.1) is 22.0 Å². The molecule has 0 atom stereocenters. The molecule has 0 spiro atoms. The third kappa shape index (κ3) is 3.69. The van der Waals surface area contributed by atoms with Crippen LogP contribution in [0.4, 0.5) is 0 Å². The number of sulfone groups is 1. The molecule has 0 unspecified atom stereocenters. The lowest BCUT2D eigenvalue weighted by Crippen LogP contribution is -2.01. The van der Waals surface area contributed by atoms with E-state index < -0.39 is 9.84 Å². The zero-order valence-corrected chi connectivity index (χ0v) is 16.5. The lowest BCUT2D eigenvalue weighted by atomic mass is 10.1. The summed E-state index contributed by atoms with van der Waals surface area (Å²) in [5.41, 5.74) is 4.23. The average Bonchev–Trinajstić information content (AvgIpc) is 3.14. The van der Waals surface area contributed by atoms with E-state index in [1.165, 1.54) is 6.26 Å². The monoisotopic (exact) mass is 409 g/mol. The number of benzene rings is 2. The molecule has 4 aromatic rings. The van der Waals surface area contributed by atoms with E-state index >= 15 is 0 Å². The molecule has 140 valence electrons. The van der Waals surface area contributed by atoms with Gasteiger partial charge in [-0.25, -0.2) is 13.1 Å². The highest BCUT2D eigenvalue weighted by Gasteiger charge is 2.14. The number of hydrogen-bond donors (Lipinski definition) is 0. The normalized spacial score (nSPS) is 11.5. The van der Waals surface area contributed by atoms with Crippen LogP contribution in [0.25, 0.3) is 28.2 Å². The Morgan fingerprint density at radius 1 is 0.929 bits per heavy atom. The maximum absolute atomic E-state index is 11.7. The van der Waals surface area contributed by atoms with Gasteiger partial charge in [-0.05, 0) is 54.6 Å². The topological polar surface area (TPSA) is 64.8 Å². The Balaban J connectivity index is 1.87. The fraction of sp³-hybridized carbons (Fsp3) is 0.0476. The van der Waals surface area contributed by atoms with Crippen LogP contribution in [0.5, 0.6) is 0 Å². The molecule has 0 bridgehead atoms. The lowest BCUT2D eigenvalue weighted by molar-refractivity contribution is 0.602. The molecule has 0 radical (unpaired) electrons. The van der Waals surface area contributed by atoms with Crippen LogP contribution in [0.3, 0.4) is 0 Å². The van der Waals surface area contributed by atoms with Crippen molar-refractivity contribution in [2.24, 2.45) is 0 Å².